The molecule has 0 radical (unpaired) electrons. The molecule has 4 aliphatic rings. The number of ether oxygens (including phenoxy) is 1. The first-order valence-electron chi connectivity index (χ1n) is 18.4. The number of hydrogen-bond donors (Lipinski definition) is 4. The van der Waals surface area contributed by atoms with E-state index in [1.807, 2.05) is 13.8 Å². The smallest absolute Gasteiger partial charge is 0.315 e. The Morgan fingerprint density at radius 2 is 1.66 bits per heavy atom. The predicted octanol–water partition coefficient (Wildman–Crippen LogP) is 2.78. The molecule has 0 aromatic rings. The summed E-state index contributed by atoms with van der Waals surface area (Å²) in [7, 11) is -3.58. The highest BCUT2D eigenvalue weighted by Gasteiger charge is 2.69. The molecule has 4 fully saturated rings. The van der Waals surface area contributed by atoms with E-state index in [-0.39, 0.29) is 42.6 Å². The quantitative estimate of drug-likeness (QED) is 0.218. The van der Waals surface area contributed by atoms with Gasteiger partial charge in [-0.25, -0.2) is 13.2 Å². The summed E-state index contributed by atoms with van der Waals surface area (Å²) >= 11 is 0. The molecule has 2 heterocycles. The Hall–Kier alpha value is -3.00. The highest BCUT2D eigenvalue weighted by Crippen LogP contribution is 2.65. The summed E-state index contributed by atoms with van der Waals surface area (Å²) in [5.41, 5.74) is -1.19. The lowest BCUT2D eigenvalue weighted by Crippen LogP contribution is -2.62. The number of sulfone groups is 1. The summed E-state index contributed by atoms with van der Waals surface area (Å²) < 4.78 is 31.6. The average Bonchev–Trinajstić information content (AvgIpc) is 3.34. The van der Waals surface area contributed by atoms with E-state index in [0.717, 1.165) is 44.9 Å². The van der Waals surface area contributed by atoms with Gasteiger partial charge in [-0.1, -0.05) is 64.9 Å². The molecule has 0 aromatic heterocycles. The summed E-state index contributed by atoms with van der Waals surface area (Å²) in [6.07, 6.45) is 9.12. The van der Waals surface area contributed by atoms with Crippen molar-refractivity contribution in [1.29, 1.82) is 0 Å². The van der Waals surface area contributed by atoms with E-state index in [0.29, 0.717) is 32.4 Å². The van der Waals surface area contributed by atoms with Crippen LogP contribution in [0.25, 0.3) is 0 Å². The van der Waals surface area contributed by atoms with Crippen LogP contribution in [0, 0.1) is 17.3 Å². The summed E-state index contributed by atoms with van der Waals surface area (Å²) in [5, 5.41) is 11.1. The van der Waals surface area contributed by atoms with Crippen LogP contribution >= 0.6 is 0 Å². The topological polar surface area (TPSA) is 180 Å². The number of carbonyl (C=O) groups is 5. The molecule has 0 aromatic carbocycles. The molecular formula is C36H59N5O8S. The molecule has 4 N–H and O–H groups in total. The zero-order chi connectivity index (χ0) is 36.9. The molecule has 2 saturated heterocycles. The number of piperidine rings is 1. The van der Waals surface area contributed by atoms with Crippen LogP contribution in [-0.2, 0) is 33.8 Å². The maximum atomic E-state index is 14.3. The van der Waals surface area contributed by atoms with Crippen molar-refractivity contribution in [3.8, 4) is 0 Å². The Bertz CT molecular complexity index is 1400. The zero-order valence-electron chi connectivity index (χ0n) is 30.6. The number of urea groups is 1. The monoisotopic (exact) mass is 721 g/mol. The molecule has 0 bridgehead atoms. The van der Waals surface area contributed by atoms with Crippen molar-refractivity contribution in [2.75, 3.05) is 32.1 Å². The van der Waals surface area contributed by atoms with Gasteiger partial charge in [-0.05, 0) is 63.7 Å². The lowest BCUT2D eigenvalue weighted by Gasteiger charge is -2.40. The minimum atomic E-state index is -3.58. The van der Waals surface area contributed by atoms with E-state index in [2.05, 4.69) is 27.8 Å². The number of carbonyl (C=O) groups excluding carboxylic acids is 5. The number of hydrogen-bond acceptors (Lipinski definition) is 8. The fourth-order valence-electron chi connectivity index (χ4n) is 7.96. The lowest BCUT2D eigenvalue weighted by molar-refractivity contribution is -0.144. The Labute approximate surface area is 297 Å². The molecular weight excluding hydrogens is 662 g/mol. The van der Waals surface area contributed by atoms with Crippen LogP contribution in [0.15, 0.2) is 12.7 Å². The lowest BCUT2D eigenvalue weighted by atomic mass is 9.83. The molecule has 2 saturated carbocycles. The molecule has 50 heavy (non-hydrogen) atoms. The van der Waals surface area contributed by atoms with Crippen molar-refractivity contribution in [1.82, 2.24) is 26.2 Å². The van der Waals surface area contributed by atoms with Gasteiger partial charge >= 0.3 is 6.03 Å². The molecule has 282 valence electrons. The van der Waals surface area contributed by atoms with E-state index in [9.17, 15) is 32.4 Å². The van der Waals surface area contributed by atoms with Crippen molar-refractivity contribution in [3.63, 3.8) is 0 Å². The molecule has 14 heteroatoms. The van der Waals surface area contributed by atoms with Crippen LogP contribution in [0.4, 0.5) is 4.79 Å². The Kier molecular flexibility index (Phi) is 12.8. The van der Waals surface area contributed by atoms with Gasteiger partial charge in [-0.3, -0.25) is 19.2 Å². The van der Waals surface area contributed by atoms with E-state index < -0.39 is 67.8 Å². The molecule has 4 rings (SSSR count). The van der Waals surface area contributed by atoms with Crippen molar-refractivity contribution in [2.45, 2.75) is 134 Å². The van der Waals surface area contributed by atoms with E-state index in [1.54, 1.807) is 20.8 Å². The fourth-order valence-corrected chi connectivity index (χ4v) is 9.48. The molecule has 2 aliphatic carbocycles. The zero-order valence-corrected chi connectivity index (χ0v) is 31.4. The number of amides is 5. The second kappa shape index (κ2) is 16.1. The first-order valence-corrected chi connectivity index (χ1v) is 20.0. The van der Waals surface area contributed by atoms with E-state index >= 15 is 0 Å². The normalized spacial score (nSPS) is 29.1. The van der Waals surface area contributed by atoms with Crippen LogP contribution in [-0.4, -0.2) is 103 Å². The maximum Gasteiger partial charge on any atom is 0.315 e. The van der Waals surface area contributed by atoms with Crippen molar-refractivity contribution in [3.05, 3.63) is 12.7 Å². The highest BCUT2D eigenvalue weighted by molar-refractivity contribution is 7.92. The Balaban J connectivity index is 1.58. The van der Waals surface area contributed by atoms with Crippen LogP contribution < -0.4 is 21.3 Å². The minimum absolute atomic E-state index is 0.0397. The second-order valence-corrected chi connectivity index (χ2v) is 19.1. The third-order valence-corrected chi connectivity index (χ3v) is 14.1. The summed E-state index contributed by atoms with van der Waals surface area (Å²) in [5.74, 6) is -2.86. The largest absolute Gasteiger partial charge is 0.379 e. The minimum Gasteiger partial charge on any atom is -0.379 e. The number of rotatable bonds is 8. The van der Waals surface area contributed by atoms with Gasteiger partial charge in [0.2, 0.25) is 17.6 Å². The van der Waals surface area contributed by atoms with Gasteiger partial charge in [0.1, 0.15) is 12.1 Å². The Morgan fingerprint density at radius 1 is 1.02 bits per heavy atom. The predicted molar refractivity (Wildman–Crippen MR) is 190 cm³/mol. The van der Waals surface area contributed by atoms with Gasteiger partial charge < -0.3 is 30.9 Å². The molecule has 13 nitrogen and oxygen atoms in total. The standard InChI is InChI=1S/C36H59N5O8S/c1-7-19-37-31(44)29(42)25-16-12-9-8-10-15-20-49-22-26(32(45)41-21-24-27(35(24,5)6)28(41)30(43)38-25)39-33(46)40-36(17-13-11-14-18-36)23-50(47,48)34(2,3)4/h7,24-28H,1,8-23H2,2-6H3,(H,37,44)(H,38,43)(H2,39,40,46)/t24-,25-,26-,27-,28-/m0/s1. The summed E-state index contributed by atoms with van der Waals surface area (Å²) in [6, 6.07) is -3.75. The van der Waals surface area contributed by atoms with Gasteiger partial charge in [0.15, 0.2) is 9.84 Å². The Morgan fingerprint density at radius 3 is 2.32 bits per heavy atom. The summed E-state index contributed by atoms with van der Waals surface area (Å²) in [6.45, 7) is 13.3. The van der Waals surface area contributed by atoms with Crippen LogP contribution in [0.5, 0.6) is 0 Å². The van der Waals surface area contributed by atoms with Gasteiger partial charge in [0.25, 0.3) is 5.91 Å². The maximum absolute atomic E-state index is 14.3. The second-order valence-electron chi connectivity index (χ2n) is 16.3. The molecule has 0 spiro atoms. The van der Waals surface area contributed by atoms with Crippen molar-refractivity contribution < 1.29 is 37.1 Å². The van der Waals surface area contributed by atoms with Crippen LogP contribution in [0.3, 0.4) is 0 Å². The van der Waals surface area contributed by atoms with Crippen LogP contribution in [0.1, 0.15) is 105 Å². The van der Waals surface area contributed by atoms with Gasteiger partial charge in [-0.2, -0.15) is 0 Å². The molecule has 5 atom stereocenters. The number of Topliss-reactive ketones (excluding diaryl/α,β-unsaturated/α-hetero) is 1. The number of ketones is 1. The third-order valence-electron chi connectivity index (χ3n) is 11.3. The molecule has 2 aliphatic heterocycles. The van der Waals surface area contributed by atoms with Crippen molar-refractivity contribution >= 4 is 39.4 Å². The van der Waals surface area contributed by atoms with E-state index in [4.69, 9.17) is 4.74 Å². The fraction of sp³-hybridized carbons (Fsp3) is 0.806. The number of fused-ring (bicyclic) bond motifs is 3. The van der Waals surface area contributed by atoms with Gasteiger partial charge in [0, 0.05) is 19.7 Å². The third kappa shape index (κ3) is 9.26. The molecule has 0 unspecified atom stereocenters. The van der Waals surface area contributed by atoms with E-state index in [1.165, 1.54) is 11.0 Å². The van der Waals surface area contributed by atoms with Gasteiger partial charge in [0.05, 0.1) is 28.7 Å². The highest BCUT2D eigenvalue weighted by atomic mass is 32.2. The van der Waals surface area contributed by atoms with Gasteiger partial charge in [-0.15, -0.1) is 6.58 Å². The first-order chi connectivity index (χ1) is 23.4. The van der Waals surface area contributed by atoms with Crippen LogP contribution in [0.2, 0.25) is 0 Å². The average molecular weight is 722 g/mol. The first kappa shape index (κ1) is 39.8. The number of nitrogens with zero attached hydrogens (tertiary/aromatic N) is 1. The van der Waals surface area contributed by atoms with Crippen molar-refractivity contribution in [2.24, 2.45) is 17.3 Å². The number of nitrogens with one attached hydrogen (secondary N) is 4. The SMILES string of the molecule is C=CCNC(=O)C(=O)[C@@H]1CCCCCCCOC[C@H](NC(=O)NC2(CS(=O)(=O)C(C)(C)C)CCCCC2)C(=O)N2C[C@H]3[C@@H]([C@H]2C(=O)N1)C3(C)C. The summed E-state index contributed by atoms with van der Waals surface area (Å²) in [4.78, 5) is 69.5. The molecule has 5 amide bonds.